The Bertz CT molecular complexity index is 1500. The highest BCUT2D eigenvalue weighted by molar-refractivity contribution is 7.92. The molecular weight excluding hydrogens is 590 g/mol. The monoisotopic (exact) mass is 627 g/mol. The van der Waals surface area contributed by atoms with Crippen LogP contribution in [0.1, 0.15) is 44.6 Å². The smallest absolute Gasteiger partial charge is 0.264 e. The van der Waals surface area contributed by atoms with E-state index in [2.05, 4.69) is 5.32 Å². The molecule has 0 bridgehead atoms. The fraction of sp³-hybridized carbons (Fsp3) is 0.375. The van der Waals surface area contributed by atoms with Crippen molar-refractivity contribution in [1.82, 2.24) is 10.2 Å². The number of rotatable bonds is 12. The highest BCUT2D eigenvalue weighted by atomic mass is 35.5. The van der Waals surface area contributed by atoms with E-state index in [4.69, 9.17) is 21.1 Å². The number of methoxy groups -OCH3 is 2. The van der Waals surface area contributed by atoms with Crippen molar-refractivity contribution in [2.45, 2.75) is 62.6 Å². The molecule has 43 heavy (non-hydrogen) atoms. The Hall–Kier alpha value is -3.76. The fourth-order valence-electron chi connectivity index (χ4n) is 5.16. The number of sulfonamides is 1. The molecule has 4 rings (SSSR count). The van der Waals surface area contributed by atoms with E-state index in [-0.39, 0.29) is 34.8 Å². The minimum atomic E-state index is -4.26. The van der Waals surface area contributed by atoms with Gasteiger partial charge in [0.25, 0.3) is 10.0 Å². The van der Waals surface area contributed by atoms with Crippen LogP contribution in [0.4, 0.5) is 5.69 Å². The number of carbonyl (C=O) groups is 2. The first-order chi connectivity index (χ1) is 20.6. The number of halogens is 1. The Kier molecular flexibility index (Phi) is 10.9. The molecule has 1 fully saturated rings. The maximum absolute atomic E-state index is 14.2. The summed E-state index contributed by atoms with van der Waals surface area (Å²) in [5.41, 5.74) is 0.872. The molecule has 1 aliphatic rings. The van der Waals surface area contributed by atoms with Gasteiger partial charge in [-0.15, -0.1) is 0 Å². The lowest BCUT2D eigenvalue weighted by molar-refractivity contribution is -0.139. The summed E-state index contributed by atoms with van der Waals surface area (Å²) < 4.78 is 40.1. The van der Waals surface area contributed by atoms with Gasteiger partial charge in [-0.3, -0.25) is 13.9 Å². The van der Waals surface area contributed by atoms with Gasteiger partial charge in [0.1, 0.15) is 24.1 Å². The number of nitrogens with one attached hydrogen (secondary N) is 1. The van der Waals surface area contributed by atoms with Crippen molar-refractivity contribution in [3.63, 3.8) is 0 Å². The van der Waals surface area contributed by atoms with E-state index in [1.54, 1.807) is 61.5 Å². The average molecular weight is 628 g/mol. The molecule has 0 heterocycles. The predicted molar refractivity (Wildman–Crippen MR) is 167 cm³/mol. The van der Waals surface area contributed by atoms with Gasteiger partial charge < -0.3 is 19.7 Å². The van der Waals surface area contributed by atoms with Gasteiger partial charge in [-0.2, -0.15) is 0 Å². The Labute approximate surface area is 258 Å². The summed E-state index contributed by atoms with van der Waals surface area (Å²) in [7, 11) is -1.37. The Balaban J connectivity index is 1.73. The molecular formula is C32H38ClN3O6S. The second-order valence-electron chi connectivity index (χ2n) is 10.5. The zero-order valence-corrected chi connectivity index (χ0v) is 26.2. The molecule has 3 aromatic rings. The fourth-order valence-corrected chi connectivity index (χ4v) is 6.73. The quantitative estimate of drug-likeness (QED) is 0.288. The molecule has 2 amide bonds. The van der Waals surface area contributed by atoms with Crippen LogP contribution in [0.5, 0.6) is 11.5 Å². The lowest BCUT2D eigenvalue weighted by atomic mass is 9.95. The van der Waals surface area contributed by atoms with E-state index >= 15 is 0 Å². The van der Waals surface area contributed by atoms with Crippen molar-refractivity contribution in [2.75, 3.05) is 25.1 Å². The number of hydrogen-bond acceptors (Lipinski definition) is 6. The first-order valence-corrected chi connectivity index (χ1v) is 16.1. The lowest BCUT2D eigenvalue weighted by Crippen LogP contribution is -2.53. The number of anilines is 1. The van der Waals surface area contributed by atoms with Crippen molar-refractivity contribution in [3.05, 3.63) is 83.4 Å². The summed E-state index contributed by atoms with van der Waals surface area (Å²) in [4.78, 5) is 29.1. The number of carbonyl (C=O) groups excluding carboxylic acids is 2. The Morgan fingerprint density at radius 2 is 1.63 bits per heavy atom. The first kappa shape index (κ1) is 32.2. The zero-order valence-electron chi connectivity index (χ0n) is 24.7. The second-order valence-corrected chi connectivity index (χ2v) is 12.8. The highest BCUT2D eigenvalue weighted by Gasteiger charge is 2.34. The molecule has 1 atom stereocenters. The van der Waals surface area contributed by atoms with Crippen molar-refractivity contribution in [1.29, 1.82) is 0 Å². The van der Waals surface area contributed by atoms with Crippen LogP contribution in [0.15, 0.2) is 77.7 Å². The average Bonchev–Trinajstić information content (AvgIpc) is 3.03. The summed E-state index contributed by atoms with van der Waals surface area (Å²) >= 11 is 6.09. The largest absolute Gasteiger partial charge is 0.497 e. The minimum Gasteiger partial charge on any atom is -0.497 e. The van der Waals surface area contributed by atoms with Crippen LogP contribution in [-0.4, -0.2) is 58.0 Å². The minimum absolute atomic E-state index is 0.0000132. The van der Waals surface area contributed by atoms with Gasteiger partial charge in [-0.25, -0.2) is 8.42 Å². The normalized spacial score (nSPS) is 14.4. The van der Waals surface area contributed by atoms with Gasteiger partial charge >= 0.3 is 0 Å². The van der Waals surface area contributed by atoms with Crippen LogP contribution >= 0.6 is 11.6 Å². The molecule has 0 aliphatic heterocycles. The van der Waals surface area contributed by atoms with Crippen LogP contribution in [0.3, 0.4) is 0 Å². The topological polar surface area (TPSA) is 105 Å². The predicted octanol–water partition coefficient (Wildman–Crippen LogP) is 5.42. The maximum atomic E-state index is 14.2. The highest BCUT2D eigenvalue weighted by Crippen LogP contribution is 2.36. The number of benzene rings is 3. The number of hydrogen-bond donors (Lipinski definition) is 1. The Morgan fingerprint density at radius 1 is 0.953 bits per heavy atom. The molecule has 1 saturated carbocycles. The third-order valence-electron chi connectivity index (χ3n) is 7.65. The molecule has 0 spiro atoms. The summed E-state index contributed by atoms with van der Waals surface area (Å²) in [6, 6.07) is 18.7. The van der Waals surface area contributed by atoms with E-state index < -0.39 is 28.5 Å². The first-order valence-electron chi connectivity index (χ1n) is 14.3. The molecule has 0 aromatic heterocycles. The Morgan fingerprint density at radius 3 is 2.26 bits per heavy atom. The molecule has 1 aliphatic carbocycles. The van der Waals surface area contributed by atoms with Crippen LogP contribution in [0.25, 0.3) is 0 Å². The van der Waals surface area contributed by atoms with E-state index in [1.807, 2.05) is 0 Å². The van der Waals surface area contributed by atoms with Gasteiger partial charge in [0.15, 0.2) is 0 Å². The molecule has 0 saturated heterocycles. The molecule has 0 radical (unpaired) electrons. The van der Waals surface area contributed by atoms with Gasteiger partial charge in [0.05, 0.1) is 24.8 Å². The van der Waals surface area contributed by atoms with Gasteiger partial charge in [-0.1, -0.05) is 61.2 Å². The molecule has 1 unspecified atom stereocenters. The number of amides is 2. The molecule has 3 aromatic carbocycles. The summed E-state index contributed by atoms with van der Waals surface area (Å²) in [5.74, 6) is -0.230. The van der Waals surface area contributed by atoms with Crippen molar-refractivity contribution in [3.8, 4) is 11.5 Å². The van der Waals surface area contributed by atoms with E-state index in [1.165, 1.54) is 37.3 Å². The van der Waals surface area contributed by atoms with E-state index in [0.717, 1.165) is 42.0 Å². The SMILES string of the molecule is COc1ccc(OC)c(N(CC(=O)N(Cc2ccc(Cl)cc2)C(C)C(=O)NC2CCCCC2)S(=O)(=O)c2ccccc2)c1. The van der Waals surface area contributed by atoms with Crippen LogP contribution in [-0.2, 0) is 26.2 Å². The molecule has 11 heteroatoms. The van der Waals surface area contributed by atoms with Crippen LogP contribution < -0.4 is 19.1 Å². The summed E-state index contributed by atoms with van der Waals surface area (Å²) in [6.07, 6.45) is 5.01. The van der Waals surface area contributed by atoms with Gasteiger partial charge in [-0.05, 0) is 61.7 Å². The third-order valence-corrected chi connectivity index (χ3v) is 9.68. The lowest BCUT2D eigenvalue weighted by Gasteiger charge is -2.33. The van der Waals surface area contributed by atoms with Crippen molar-refractivity contribution in [2.24, 2.45) is 0 Å². The van der Waals surface area contributed by atoms with Crippen molar-refractivity contribution >= 4 is 39.1 Å². The van der Waals surface area contributed by atoms with E-state index in [9.17, 15) is 18.0 Å². The van der Waals surface area contributed by atoms with Crippen molar-refractivity contribution < 1.29 is 27.5 Å². The van der Waals surface area contributed by atoms with Crippen LogP contribution in [0, 0.1) is 0 Å². The van der Waals surface area contributed by atoms with Crippen LogP contribution in [0.2, 0.25) is 5.02 Å². The maximum Gasteiger partial charge on any atom is 0.264 e. The second kappa shape index (κ2) is 14.6. The van der Waals surface area contributed by atoms with Gasteiger partial charge in [0, 0.05) is 23.7 Å². The summed E-state index contributed by atoms with van der Waals surface area (Å²) in [6.45, 7) is 1.15. The van der Waals surface area contributed by atoms with E-state index in [0.29, 0.717) is 10.8 Å². The molecule has 9 nitrogen and oxygen atoms in total. The third kappa shape index (κ3) is 8.00. The molecule has 1 N–H and O–H groups in total. The summed E-state index contributed by atoms with van der Waals surface area (Å²) in [5, 5.41) is 3.64. The van der Waals surface area contributed by atoms with Gasteiger partial charge in [0.2, 0.25) is 11.8 Å². The number of nitrogens with zero attached hydrogens (tertiary/aromatic N) is 2. The number of ether oxygens (including phenoxy) is 2. The zero-order chi connectivity index (χ0) is 31.0. The molecule has 230 valence electrons. The standard InChI is InChI=1S/C32H38ClN3O6S/c1-23(32(38)34-26-10-6-4-7-11-26)35(21-24-14-16-25(33)17-15-24)31(37)22-36(43(39,40)28-12-8-5-9-13-28)29-20-27(41-2)18-19-30(29)42-3/h5,8-9,12-20,23,26H,4,6-7,10-11,21-22H2,1-3H3,(H,34,38).